The summed E-state index contributed by atoms with van der Waals surface area (Å²) >= 11 is 1.54. The van der Waals surface area contributed by atoms with Crippen molar-refractivity contribution in [2.45, 2.75) is 50.9 Å². The zero-order chi connectivity index (χ0) is 25.2. The molecule has 2 heterocycles. The summed E-state index contributed by atoms with van der Waals surface area (Å²) < 4.78 is 1.72. The standard InChI is InChI=1S/C30H31N3O2S/c1-20-7-9-23(10-8-20)19-36-30-31-27-18-24(28(34)32-13-5-4-6-14-32)11-12-26(27)29(35)33(30)25-16-21(2)15-22(3)17-25/h7-12,15-18H,4-6,13-14,19H2,1-3H3. The molecular weight excluding hydrogens is 466 g/mol. The van der Waals surface area contributed by atoms with Gasteiger partial charge in [-0.05, 0) is 87.1 Å². The molecule has 1 fully saturated rings. The zero-order valence-electron chi connectivity index (χ0n) is 21.1. The average Bonchev–Trinajstić information content (AvgIpc) is 2.87. The first-order chi connectivity index (χ1) is 17.4. The minimum absolute atomic E-state index is 0.0192. The van der Waals surface area contributed by atoms with Crippen molar-refractivity contribution in [3.63, 3.8) is 0 Å². The molecule has 4 aromatic rings. The maximum atomic E-state index is 13.8. The van der Waals surface area contributed by atoms with E-state index in [2.05, 4.69) is 37.3 Å². The van der Waals surface area contributed by atoms with E-state index in [9.17, 15) is 9.59 Å². The third-order valence-electron chi connectivity index (χ3n) is 6.68. The van der Waals surface area contributed by atoms with Crippen molar-refractivity contribution in [2.24, 2.45) is 0 Å². The molecule has 0 unspecified atom stereocenters. The Morgan fingerprint density at radius 3 is 2.25 bits per heavy atom. The lowest BCUT2D eigenvalue weighted by Gasteiger charge is -2.26. The van der Waals surface area contributed by atoms with Gasteiger partial charge in [-0.2, -0.15) is 0 Å². The van der Waals surface area contributed by atoms with Crippen molar-refractivity contribution in [2.75, 3.05) is 13.1 Å². The second-order valence-electron chi connectivity index (χ2n) is 9.74. The van der Waals surface area contributed by atoms with Crippen molar-refractivity contribution in [1.82, 2.24) is 14.5 Å². The van der Waals surface area contributed by atoms with E-state index in [4.69, 9.17) is 4.98 Å². The van der Waals surface area contributed by atoms with Crippen LogP contribution in [0.4, 0.5) is 0 Å². The predicted octanol–water partition coefficient (Wildman–Crippen LogP) is 6.23. The molecule has 6 heteroatoms. The maximum absolute atomic E-state index is 13.8. The summed E-state index contributed by atoms with van der Waals surface area (Å²) in [6.07, 6.45) is 3.25. The number of hydrogen-bond donors (Lipinski definition) is 0. The number of thioether (sulfide) groups is 1. The van der Waals surface area contributed by atoms with Crippen LogP contribution in [-0.4, -0.2) is 33.4 Å². The van der Waals surface area contributed by atoms with Gasteiger partial charge in [0.05, 0.1) is 16.6 Å². The molecule has 0 spiro atoms. The number of amides is 1. The lowest BCUT2D eigenvalue weighted by Crippen LogP contribution is -2.35. The minimum atomic E-state index is -0.117. The van der Waals surface area contributed by atoms with Gasteiger partial charge in [-0.25, -0.2) is 4.98 Å². The van der Waals surface area contributed by atoms with E-state index >= 15 is 0 Å². The van der Waals surface area contributed by atoms with Gasteiger partial charge in [-0.3, -0.25) is 14.2 Å². The van der Waals surface area contributed by atoms with Crippen LogP contribution in [0.2, 0.25) is 0 Å². The molecule has 1 amide bonds. The van der Waals surface area contributed by atoms with Gasteiger partial charge in [0.2, 0.25) is 0 Å². The molecule has 0 atom stereocenters. The SMILES string of the molecule is Cc1ccc(CSc2nc3cc(C(=O)N4CCCCC4)ccc3c(=O)n2-c2cc(C)cc(C)c2)cc1. The second kappa shape index (κ2) is 10.3. The summed E-state index contributed by atoms with van der Waals surface area (Å²) in [5.74, 6) is 0.709. The number of piperidine rings is 1. The highest BCUT2D eigenvalue weighted by Gasteiger charge is 2.20. The number of rotatable bonds is 5. The van der Waals surface area contributed by atoms with Crippen LogP contribution in [0.1, 0.15) is 51.9 Å². The number of likely N-dealkylation sites (tertiary alicyclic amines) is 1. The topological polar surface area (TPSA) is 55.2 Å². The third-order valence-corrected chi connectivity index (χ3v) is 7.69. The van der Waals surface area contributed by atoms with E-state index in [0.717, 1.165) is 42.7 Å². The highest BCUT2D eigenvalue weighted by molar-refractivity contribution is 7.98. The molecule has 0 saturated carbocycles. The van der Waals surface area contributed by atoms with Crippen LogP contribution >= 0.6 is 11.8 Å². The molecule has 5 nitrogen and oxygen atoms in total. The Labute approximate surface area is 216 Å². The third kappa shape index (κ3) is 5.09. The highest BCUT2D eigenvalue weighted by Crippen LogP contribution is 2.26. The van der Waals surface area contributed by atoms with Gasteiger partial charge in [0.25, 0.3) is 11.5 Å². The number of carbonyl (C=O) groups is 1. The van der Waals surface area contributed by atoms with E-state index in [1.165, 1.54) is 17.5 Å². The Morgan fingerprint density at radius 1 is 0.861 bits per heavy atom. The molecule has 5 rings (SSSR count). The van der Waals surface area contributed by atoms with E-state index in [-0.39, 0.29) is 11.5 Å². The lowest BCUT2D eigenvalue weighted by molar-refractivity contribution is 0.0724. The number of benzene rings is 3. The van der Waals surface area contributed by atoms with Gasteiger partial charge in [0, 0.05) is 24.4 Å². The first-order valence-electron chi connectivity index (χ1n) is 12.5. The molecule has 1 aliphatic heterocycles. The van der Waals surface area contributed by atoms with Crippen LogP contribution < -0.4 is 5.56 Å². The fourth-order valence-corrected chi connectivity index (χ4v) is 5.78. The zero-order valence-corrected chi connectivity index (χ0v) is 21.9. The Morgan fingerprint density at radius 2 is 1.56 bits per heavy atom. The van der Waals surface area contributed by atoms with Crippen molar-refractivity contribution in [3.8, 4) is 5.69 Å². The molecule has 0 bridgehead atoms. The summed E-state index contributed by atoms with van der Waals surface area (Å²) in [6, 6.07) is 19.9. The molecule has 1 saturated heterocycles. The molecule has 0 aliphatic carbocycles. The van der Waals surface area contributed by atoms with Gasteiger partial charge < -0.3 is 4.90 Å². The van der Waals surface area contributed by atoms with Crippen molar-refractivity contribution < 1.29 is 4.79 Å². The quantitative estimate of drug-likeness (QED) is 0.242. The molecule has 0 N–H and O–H groups in total. The van der Waals surface area contributed by atoms with Gasteiger partial charge >= 0.3 is 0 Å². The molecule has 184 valence electrons. The van der Waals surface area contributed by atoms with Gasteiger partial charge in [0.15, 0.2) is 5.16 Å². The van der Waals surface area contributed by atoms with E-state index in [1.807, 2.05) is 30.9 Å². The lowest BCUT2D eigenvalue weighted by atomic mass is 10.1. The fourth-order valence-electron chi connectivity index (χ4n) is 4.81. The summed E-state index contributed by atoms with van der Waals surface area (Å²) in [4.78, 5) is 33.8. The number of hydrogen-bond acceptors (Lipinski definition) is 4. The molecule has 0 radical (unpaired) electrons. The predicted molar refractivity (Wildman–Crippen MR) is 147 cm³/mol. The smallest absolute Gasteiger partial charge is 0.266 e. The van der Waals surface area contributed by atoms with Crippen LogP contribution in [0.5, 0.6) is 0 Å². The average molecular weight is 498 g/mol. The summed E-state index contributed by atoms with van der Waals surface area (Å²) in [5, 5.41) is 1.14. The number of fused-ring (bicyclic) bond motifs is 1. The molecule has 1 aromatic heterocycles. The van der Waals surface area contributed by atoms with Crippen molar-refractivity contribution in [3.05, 3.63) is 98.8 Å². The second-order valence-corrected chi connectivity index (χ2v) is 10.7. The Balaban J connectivity index is 1.60. The highest BCUT2D eigenvalue weighted by atomic mass is 32.2. The summed E-state index contributed by atoms with van der Waals surface area (Å²) in [6.45, 7) is 7.72. The van der Waals surface area contributed by atoms with E-state index < -0.39 is 0 Å². The monoisotopic (exact) mass is 497 g/mol. The minimum Gasteiger partial charge on any atom is -0.339 e. The van der Waals surface area contributed by atoms with E-state index in [1.54, 1.807) is 34.5 Å². The van der Waals surface area contributed by atoms with Gasteiger partial charge in [-0.15, -0.1) is 0 Å². The summed E-state index contributed by atoms with van der Waals surface area (Å²) in [7, 11) is 0. The molecule has 36 heavy (non-hydrogen) atoms. The van der Waals surface area contributed by atoms with Crippen LogP contribution in [0.3, 0.4) is 0 Å². The van der Waals surface area contributed by atoms with Crippen molar-refractivity contribution >= 4 is 28.6 Å². The fraction of sp³-hybridized carbons (Fsp3) is 0.300. The number of nitrogens with zero attached hydrogens (tertiary/aromatic N) is 3. The Kier molecular flexibility index (Phi) is 6.97. The molecule has 1 aliphatic rings. The number of carbonyl (C=O) groups excluding carboxylic acids is 1. The van der Waals surface area contributed by atoms with Crippen LogP contribution in [-0.2, 0) is 5.75 Å². The molecule has 3 aromatic carbocycles. The molecular formula is C30H31N3O2S. The summed E-state index contributed by atoms with van der Waals surface area (Å²) in [5.41, 5.74) is 6.42. The normalized spacial score (nSPS) is 13.8. The van der Waals surface area contributed by atoms with Gasteiger partial charge in [0.1, 0.15) is 0 Å². The first-order valence-corrected chi connectivity index (χ1v) is 13.5. The Hall–Kier alpha value is -3.38. The largest absolute Gasteiger partial charge is 0.339 e. The first kappa shape index (κ1) is 24.3. The van der Waals surface area contributed by atoms with E-state index in [0.29, 0.717) is 27.4 Å². The van der Waals surface area contributed by atoms with Gasteiger partial charge in [-0.1, -0.05) is 47.7 Å². The van der Waals surface area contributed by atoms with Crippen LogP contribution in [0, 0.1) is 20.8 Å². The van der Waals surface area contributed by atoms with Crippen LogP contribution in [0.15, 0.2) is 70.6 Å². The Bertz CT molecular complexity index is 1460. The van der Waals surface area contributed by atoms with Crippen LogP contribution in [0.25, 0.3) is 16.6 Å². The van der Waals surface area contributed by atoms with Crippen molar-refractivity contribution in [1.29, 1.82) is 0 Å². The maximum Gasteiger partial charge on any atom is 0.266 e. The number of aromatic nitrogens is 2. The number of aryl methyl sites for hydroxylation is 3.